The van der Waals surface area contributed by atoms with Crippen LogP contribution in [0.2, 0.25) is 0 Å². The number of aliphatic imine (C=N–C) groups is 2. The summed E-state index contributed by atoms with van der Waals surface area (Å²) < 4.78 is 0. The molecule has 6 heteroatoms. The molecule has 0 fully saturated rings. The number of nitrogens with one attached hydrogen (secondary N) is 1. The highest BCUT2D eigenvalue weighted by Gasteiger charge is 2.07. The number of anilines is 1. The number of rotatable bonds is 9. The first-order chi connectivity index (χ1) is 10.6. The van der Waals surface area contributed by atoms with E-state index in [-0.39, 0.29) is 0 Å². The van der Waals surface area contributed by atoms with Crippen molar-refractivity contribution in [2.45, 2.75) is 20.8 Å². The van der Waals surface area contributed by atoms with Crippen LogP contribution in [0.25, 0.3) is 0 Å². The number of allylic oxidation sites excluding steroid dienone is 1. The van der Waals surface area contributed by atoms with Crippen molar-refractivity contribution in [3.63, 3.8) is 0 Å². The Balaban J connectivity index is 2.66. The van der Waals surface area contributed by atoms with Crippen molar-refractivity contribution < 1.29 is 0 Å². The molecule has 0 amide bonds. The molecule has 0 aliphatic carbocycles. The molecule has 4 nitrogen and oxygen atoms in total. The maximum atomic E-state index is 4.30. The molecule has 0 saturated carbocycles. The Hall–Kier alpha value is -1.53. The van der Waals surface area contributed by atoms with E-state index >= 15 is 0 Å². The molecule has 0 radical (unpaired) electrons. The Labute approximate surface area is 141 Å². The molecule has 1 rings (SSSR count). The van der Waals surface area contributed by atoms with Gasteiger partial charge in [-0.25, -0.2) is 4.98 Å². The van der Waals surface area contributed by atoms with Crippen LogP contribution in [0, 0.1) is 6.92 Å². The van der Waals surface area contributed by atoms with E-state index in [2.05, 4.69) is 40.6 Å². The van der Waals surface area contributed by atoms with E-state index in [4.69, 9.17) is 0 Å². The Kier molecular flexibility index (Phi) is 8.62. The topological polar surface area (TPSA) is 49.6 Å². The SMILES string of the molecule is C=NC(=C\SCNc1ccc(C)cn1)/C(SCC)=C(\C)N=C. The molecule has 0 atom stereocenters. The summed E-state index contributed by atoms with van der Waals surface area (Å²) in [5, 5.41) is 5.24. The Morgan fingerprint density at radius 1 is 1.36 bits per heavy atom. The largest absolute Gasteiger partial charge is 0.361 e. The molecule has 1 aromatic heterocycles. The van der Waals surface area contributed by atoms with Crippen molar-refractivity contribution in [3.05, 3.63) is 45.6 Å². The first kappa shape index (κ1) is 18.5. The molecule has 0 spiro atoms. The molecular formula is C16H22N4S2. The summed E-state index contributed by atoms with van der Waals surface area (Å²) in [5.41, 5.74) is 2.86. The fraction of sp³-hybridized carbons (Fsp3) is 0.312. The minimum Gasteiger partial charge on any atom is -0.361 e. The molecule has 0 aliphatic rings. The molecule has 1 heterocycles. The maximum Gasteiger partial charge on any atom is 0.126 e. The number of nitrogens with zero attached hydrogens (tertiary/aromatic N) is 3. The molecule has 22 heavy (non-hydrogen) atoms. The Morgan fingerprint density at radius 3 is 2.68 bits per heavy atom. The molecular weight excluding hydrogens is 312 g/mol. The van der Waals surface area contributed by atoms with Gasteiger partial charge in [-0.15, -0.1) is 23.5 Å². The standard InChI is InChI=1S/C16H22N4S2/c1-6-22-16(13(3)17-4)14(18-5)10-21-11-20-15-8-7-12(2)9-19-15/h7-10H,4-6,11H2,1-3H3,(H,19,20)/b14-10-,16-13-. The van der Waals surface area contributed by atoms with Crippen LogP contribution in [0.5, 0.6) is 0 Å². The third-order valence-corrected chi connectivity index (χ3v) is 4.48. The second kappa shape index (κ2) is 10.2. The van der Waals surface area contributed by atoms with Crippen molar-refractivity contribution in [1.82, 2.24) is 4.98 Å². The van der Waals surface area contributed by atoms with Crippen LogP contribution in [0.3, 0.4) is 0 Å². The van der Waals surface area contributed by atoms with Crippen LogP contribution in [0.1, 0.15) is 19.4 Å². The van der Waals surface area contributed by atoms with Crippen LogP contribution >= 0.6 is 23.5 Å². The van der Waals surface area contributed by atoms with Gasteiger partial charge in [-0.1, -0.05) is 13.0 Å². The zero-order chi connectivity index (χ0) is 16.4. The molecule has 118 valence electrons. The van der Waals surface area contributed by atoms with Crippen LogP contribution in [0.15, 0.2) is 50.0 Å². The number of aryl methyl sites for hydroxylation is 1. The predicted octanol–water partition coefficient (Wildman–Crippen LogP) is 4.72. The molecule has 1 aromatic rings. The number of pyridine rings is 1. The van der Waals surface area contributed by atoms with Crippen molar-refractivity contribution >= 4 is 42.8 Å². The van der Waals surface area contributed by atoms with Gasteiger partial charge in [0.2, 0.25) is 0 Å². The summed E-state index contributed by atoms with van der Waals surface area (Å²) in [4.78, 5) is 13.4. The first-order valence-corrected chi connectivity index (χ1v) is 8.91. The van der Waals surface area contributed by atoms with Gasteiger partial charge in [0.15, 0.2) is 0 Å². The van der Waals surface area contributed by atoms with Gasteiger partial charge >= 0.3 is 0 Å². The van der Waals surface area contributed by atoms with Crippen LogP contribution < -0.4 is 5.32 Å². The average molecular weight is 335 g/mol. The lowest BCUT2D eigenvalue weighted by Crippen LogP contribution is -1.98. The first-order valence-electron chi connectivity index (χ1n) is 6.88. The molecule has 0 unspecified atom stereocenters. The lowest BCUT2D eigenvalue weighted by Gasteiger charge is -2.09. The third-order valence-electron chi connectivity index (χ3n) is 2.70. The number of hydrogen-bond acceptors (Lipinski definition) is 6. The van der Waals surface area contributed by atoms with Crippen LogP contribution in [-0.2, 0) is 0 Å². The molecule has 0 aromatic carbocycles. The van der Waals surface area contributed by atoms with Crippen LogP contribution in [0.4, 0.5) is 5.82 Å². The van der Waals surface area contributed by atoms with E-state index in [1.54, 1.807) is 23.5 Å². The minimum atomic E-state index is 0.708. The van der Waals surface area contributed by atoms with E-state index in [9.17, 15) is 0 Å². The predicted molar refractivity (Wildman–Crippen MR) is 103 cm³/mol. The summed E-state index contributed by atoms with van der Waals surface area (Å²) in [7, 11) is 0. The van der Waals surface area contributed by atoms with Crippen molar-refractivity contribution in [2.75, 3.05) is 16.9 Å². The Morgan fingerprint density at radius 2 is 2.14 bits per heavy atom. The Bertz CT molecular complexity index is 562. The van der Waals surface area contributed by atoms with Crippen molar-refractivity contribution in [3.8, 4) is 0 Å². The molecule has 1 N–H and O–H groups in total. The highest BCUT2D eigenvalue weighted by molar-refractivity contribution is 8.03. The van der Waals surface area contributed by atoms with Gasteiger partial charge in [0, 0.05) is 6.20 Å². The number of thioether (sulfide) groups is 2. The van der Waals surface area contributed by atoms with Gasteiger partial charge in [-0.2, -0.15) is 0 Å². The molecule has 0 saturated heterocycles. The monoisotopic (exact) mass is 334 g/mol. The van der Waals surface area contributed by atoms with Crippen molar-refractivity contribution in [2.24, 2.45) is 9.98 Å². The highest BCUT2D eigenvalue weighted by Crippen LogP contribution is 2.30. The summed E-state index contributed by atoms with van der Waals surface area (Å²) in [6.07, 6.45) is 1.84. The van der Waals surface area contributed by atoms with Crippen LogP contribution in [-0.4, -0.2) is 30.0 Å². The lowest BCUT2D eigenvalue weighted by molar-refractivity contribution is 1.23. The van der Waals surface area contributed by atoms with Crippen molar-refractivity contribution in [1.29, 1.82) is 0 Å². The zero-order valence-corrected chi connectivity index (χ0v) is 14.9. The second-order valence-electron chi connectivity index (χ2n) is 4.38. The summed E-state index contributed by atoms with van der Waals surface area (Å²) >= 11 is 3.31. The van der Waals surface area contributed by atoms with Gasteiger partial charge in [0.1, 0.15) is 5.82 Å². The fourth-order valence-corrected chi connectivity index (χ4v) is 3.12. The molecule has 0 bridgehead atoms. The minimum absolute atomic E-state index is 0.708. The molecule has 0 aliphatic heterocycles. The van der Waals surface area contributed by atoms with Gasteiger partial charge in [0.25, 0.3) is 0 Å². The third kappa shape index (κ3) is 6.07. The van der Waals surface area contributed by atoms with E-state index < -0.39 is 0 Å². The van der Waals surface area contributed by atoms with Gasteiger partial charge in [0.05, 0.1) is 22.2 Å². The maximum absolute atomic E-state index is 4.30. The fourth-order valence-electron chi connectivity index (χ4n) is 1.55. The zero-order valence-electron chi connectivity index (χ0n) is 13.3. The van der Waals surface area contributed by atoms with E-state index in [0.29, 0.717) is 5.88 Å². The smallest absolute Gasteiger partial charge is 0.126 e. The number of aromatic nitrogens is 1. The normalized spacial score (nSPS) is 12.6. The summed E-state index contributed by atoms with van der Waals surface area (Å²) in [6.45, 7) is 13.3. The quantitative estimate of drug-likeness (QED) is 0.307. The highest BCUT2D eigenvalue weighted by atomic mass is 32.2. The van der Waals surface area contributed by atoms with E-state index in [1.165, 1.54) is 0 Å². The van der Waals surface area contributed by atoms with E-state index in [1.807, 2.05) is 37.6 Å². The second-order valence-corrected chi connectivity index (χ2v) is 6.51. The lowest BCUT2D eigenvalue weighted by atomic mass is 10.3. The summed E-state index contributed by atoms with van der Waals surface area (Å²) in [5.74, 6) is 2.52. The van der Waals surface area contributed by atoms with Gasteiger partial charge in [-0.3, -0.25) is 9.98 Å². The van der Waals surface area contributed by atoms with Gasteiger partial charge < -0.3 is 5.32 Å². The average Bonchev–Trinajstić information content (AvgIpc) is 2.54. The summed E-state index contributed by atoms with van der Waals surface area (Å²) in [6, 6.07) is 4.00. The number of hydrogen-bond donors (Lipinski definition) is 1. The van der Waals surface area contributed by atoms with Gasteiger partial charge in [-0.05, 0) is 50.1 Å². The van der Waals surface area contributed by atoms with E-state index in [0.717, 1.165) is 33.4 Å².